The maximum atomic E-state index is 12.3. The number of amides is 1. The molecular formula is C20H16N4O. The van der Waals surface area contributed by atoms with E-state index in [9.17, 15) is 10.1 Å². The van der Waals surface area contributed by atoms with Gasteiger partial charge in [0, 0.05) is 23.5 Å². The van der Waals surface area contributed by atoms with E-state index in [1.807, 2.05) is 55.5 Å². The molecule has 0 aliphatic carbocycles. The Hall–Kier alpha value is -3.65. The van der Waals surface area contributed by atoms with Gasteiger partial charge in [-0.25, -0.2) is 0 Å². The molecule has 5 heteroatoms. The largest absolute Gasteiger partial charge is 0.358 e. The van der Waals surface area contributed by atoms with E-state index in [2.05, 4.69) is 15.6 Å². The number of hydrogen-bond donors (Lipinski definition) is 2. The van der Waals surface area contributed by atoms with Crippen LogP contribution in [-0.4, -0.2) is 10.9 Å². The number of aromatic nitrogens is 1. The highest BCUT2D eigenvalue weighted by Crippen LogP contribution is 2.21. The van der Waals surface area contributed by atoms with Crippen molar-refractivity contribution in [3.63, 3.8) is 0 Å². The Morgan fingerprint density at radius 1 is 1.12 bits per heavy atom. The third-order valence-electron chi connectivity index (χ3n) is 3.68. The summed E-state index contributed by atoms with van der Waals surface area (Å²) < 4.78 is 0. The van der Waals surface area contributed by atoms with Crippen molar-refractivity contribution < 1.29 is 4.79 Å². The third-order valence-corrected chi connectivity index (χ3v) is 3.68. The van der Waals surface area contributed by atoms with Gasteiger partial charge in [-0.15, -0.1) is 0 Å². The predicted molar refractivity (Wildman–Crippen MR) is 98.9 cm³/mol. The molecule has 0 radical (unpaired) electrons. The van der Waals surface area contributed by atoms with Gasteiger partial charge in [0.15, 0.2) is 0 Å². The number of aryl methyl sites for hydroxylation is 1. The van der Waals surface area contributed by atoms with Crippen LogP contribution in [0.1, 0.15) is 5.56 Å². The molecule has 3 rings (SSSR count). The third kappa shape index (κ3) is 3.82. The number of anilines is 2. The molecule has 2 aromatic carbocycles. The fourth-order valence-corrected chi connectivity index (χ4v) is 2.35. The Kier molecular flexibility index (Phi) is 4.72. The minimum Gasteiger partial charge on any atom is -0.358 e. The standard InChI is InChI=1S/C20H16N4O/c1-14-7-9-17(10-8-14)24-20(25)16(12-21)13-23-18-6-2-4-15-5-3-11-22-19(15)18/h2-11,13,23H,1H3,(H,24,25)/b16-13-. The summed E-state index contributed by atoms with van der Waals surface area (Å²) >= 11 is 0. The van der Waals surface area contributed by atoms with E-state index in [-0.39, 0.29) is 5.57 Å². The summed E-state index contributed by atoms with van der Waals surface area (Å²) in [6.07, 6.45) is 3.10. The zero-order valence-electron chi connectivity index (χ0n) is 13.7. The number of hydrogen-bond acceptors (Lipinski definition) is 4. The first kappa shape index (κ1) is 16.2. The van der Waals surface area contributed by atoms with Gasteiger partial charge in [-0.1, -0.05) is 35.9 Å². The molecule has 1 heterocycles. The molecule has 0 aliphatic rings. The molecule has 1 aromatic heterocycles. The van der Waals surface area contributed by atoms with Crippen LogP contribution in [0.2, 0.25) is 0 Å². The maximum absolute atomic E-state index is 12.3. The minimum atomic E-state index is -0.466. The van der Waals surface area contributed by atoms with Gasteiger partial charge < -0.3 is 10.6 Å². The van der Waals surface area contributed by atoms with E-state index in [4.69, 9.17) is 0 Å². The molecule has 0 saturated heterocycles. The molecule has 5 nitrogen and oxygen atoms in total. The van der Waals surface area contributed by atoms with Crippen LogP contribution in [0.4, 0.5) is 11.4 Å². The second kappa shape index (κ2) is 7.28. The highest BCUT2D eigenvalue weighted by Gasteiger charge is 2.09. The summed E-state index contributed by atoms with van der Waals surface area (Å²) in [5, 5.41) is 16.0. The van der Waals surface area contributed by atoms with Crippen molar-refractivity contribution in [3.05, 3.63) is 78.1 Å². The van der Waals surface area contributed by atoms with E-state index in [0.29, 0.717) is 5.69 Å². The van der Waals surface area contributed by atoms with Gasteiger partial charge in [0.1, 0.15) is 11.6 Å². The molecule has 0 spiro atoms. The number of para-hydroxylation sites is 1. The summed E-state index contributed by atoms with van der Waals surface area (Å²) in [4.78, 5) is 16.6. The van der Waals surface area contributed by atoms with Gasteiger partial charge in [-0.05, 0) is 31.2 Å². The number of pyridine rings is 1. The maximum Gasteiger partial charge on any atom is 0.267 e. The lowest BCUT2D eigenvalue weighted by Gasteiger charge is -2.07. The van der Waals surface area contributed by atoms with Crippen LogP contribution in [-0.2, 0) is 4.79 Å². The van der Waals surface area contributed by atoms with Gasteiger partial charge in [0.2, 0.25) is 0 Å². The topological polar surface area (TPSA) is 77.8 Å². The molecule has 1 amide bonds. The van der Waals surface area contributed by atoms with Gasteiger partial charge >= 0.3 is 0 Å². The number of carbonyl (C=O) groups excluding carboxylic acids is 1. The van der Waals surface area contributed by atoms with Crippen molar-refractivity contribution in [2.24, 2.45) is 0 Å². The first-order valence-corrected chi connectivity index (χ1v) is 7.76. The average molecular weight is 328 g/mol. The number of nitrogens with one attached hydrogen (secondary N) is 2. The predicted octanol–water partition coefficient (Wildman–Crippen LogP) is 4.00. The zero-order chi connectivity index (χ0) is 17.6. The number of rotatable bonds is 4. The van der Waals surface area contributed by atoms with Crippen molar-refractivity contribution in [2.45, 2.75) is 6.92 Å². The van der Waals surface area contributed by atoms with Crippen molar-refractivity contribution in [1.29, 1.82) is 5.26 Å². The lowest BCUT2D eigenvalue weighted by Crippen LogP contribution is -2.14. The highest BCUT2D eigenvalue weighted by molar-refractivity contribution is 6.07. The number of fused-ring (bicyclic) bond motifs is 1. The fraction of sp³-hybridized carbons (Fsp3) is 0.0500. The molecule has 0 atom stereocenters. The van der Waals surface area contributed by atoms with Crippen molar-refractivity contribution in [1.82, 2.24) is 4.98 Å². The Morgan fingerprint density at radius 3 is 2.64 bits per heavy atom. The molecule has 3 aromatic rings. The van der Waals surface area contributed by atoms with Crippen LogP contribution in [0.25, 0.3) is 10.9 Å². The van der Waals surface area contributed by atoms with E-state index >= 15 is 0 Å². The molecule has 0 aliphatic heterocycles. The number of benzene rings is 2. The normalized spacial score (nSPS) is 11.0. The van der Waals surface area contributed by atoms with E-state index in [1.54, 1.807) is 18.3 Å². The molecule has 122 valence electrons. The summed E-state index contributed by atoms with van der Waals surface area (Å²) in [7, 11) is 0. The van der Waals surface area contributed by atoms with Crippen LogP contribution in [0.5, 0.6) is 0 Å². The Bertz CT molecular complexity index is 979. The van der Waals surface area contributed by atoms with Crippen LogP contribution in [0.3, 0.4) is 0 Å². The quantitative estimate of drug-likeness (QED) is 0.560. The van der Waals surface area contributed by atoms with Gasteiger partial charge in [-0.2, -0.15) is 5.26 Å². The summed E-state index contributed by atoms with van der Waals surface area (Å²) in [6, 6.07) is 18.8. The van der Waals surface area contributed by atoms with Crippen molar-refractivity contribution in [2.75, 3.05) is 10.6 Å². The van der Waals surface area contributed by atoms with Crippen LogP contribution >= 0.6 is 0 Å². The Labute approximate surface area is 145 Å². The van der Waals surface area contributed by atoms with Crippen LogP contribution in [0, 0.1) is 18.3 Å². The Balaban J connectivity index is 1.79. The smallest absolute Gasteiger partial charge is 0.267 e. The lowest BCUT2D eigenvalue weighted by atomic mass is 10.2. The van der Waals surface area contributed by atoms with Crippen LogP contribution < -0.4 is 10.6 Å². The highest BCUT2D eigenvalue weighted by atomic mass is 16.1. The van der Waals surface area contributed by atoms with Gasteiger partial charge in [-0.3, -0.25) is 9.78 Å². The summed E-state index contributed by atoms with van der Waals surface area (Å²) in [5.41, 5.74) is 3.22. The summed E-state index contributed by atoms with van der Waals surface area (Å²) in [6.45, 7) is 1.97. The summed E-state index contributed by atoms with van der Waals surface area (Å²) in [5.74, 6) is -0.466. The molecule has 0 bridgehead atoms. The first-order valence-electron chi connectivity index (χ1n) is 7.76. The molecule has 2 N–H and O–H groups in total. The average Bonchev–Trinajstić information content (AvgIpc) is 2.64. The van der Waals surface area contributed by atoms with Crippen molar-refractivity contribution >= 4 is 28.2 Å². The zero-order valence-corrected chi connectivity index (χ0v) is 13.7. The van der Waals surface area contributed by atoms with E-state index < -0.39 is 5.91 Å². The number of carbonyl (C=O) groups is 1. The fourth-order valence-electron chi connectivity index (χ4n) is 2.35. The van der Waals surface area contributed by atoms with Crippen molar-refractivity contribution in [3.8, 4) is 6.07 Å². The minimum absolute atomic E-state index is 0.0199. The molecule has 0 saturated carbocycles. The first-order chi connectivity index (χ1) is 12.2. The molecule has 0 unspecified atom stereocenters. The number of nitrogens with zero attached hydrogens (tertiary/aromatic N) is 2. The number of nitriles is 1. The van der Waals surface area contributed by atoms with Crippen LogP contribution in [0.15, 0.2) is 72.6 Å². The molecule has 0 fully saturated rings. The lowest BCUT2D eigenvalue weighted by molar-refractivity contribution is -0.112. The monoisotopic (exact) mass is 328 g/mol. The Morgan fingerprint density at radius 2 is 1.88 bits per heavy atom. The SMILES string of the molecule is Cc1ccc(NC(=O)/C(C#N)=C\Nc2cccc3cccnc23)cc1. The van der Waals surface area contributed by atoms with E-state index in [1.165, 1.54) is 6.20 Å². The van der Waals surface area contributed by atoms with Gasteiger partial charge in [0.05, 0.1) is 11.2 Å². The molecular weight excluding hydrogens is 312 g/mol. The van der Waals surface area contributed by atoms with Gasteiger partial charge in [0.25, 0.3) is 5.91 Å². The van der Waals surface area contributed by atoms with E-state index in [0.717, 1.165) is 22.2 Å². The second-order valence-electron chi connectivity index (χ2n) is 5.51. The molecule has 25 heavy (non-hydrogen) atoms. The second-order valence-corrected chi connectivity index (χ2v) is 5.51.